The van der Waals surface area contributed by atoms with Gasteiger partial charge in [0.2, 0.25) is 0 Å². The maximum Gasteiger partial charge on any atom is 0.197 e. The zero-order valence-electron chi connectivity index (χ0n) is 9.34. The average Bonchev–Trinajstić information content (AvgIpc) is 2.99. The van der Waals surface area contributed by atoms with Crippen molar-refractivity contribution in [2.75, 3.05) is 0 Å². The molecule has 0 saturated carbocycles. The van der Waals surface area contributed by atoms with Crippen molar-refractivity contribution < 1.29 is 14.4 Å². The lowest BCUT2D eigenvalue weighted by Gasteiger charge is -2.03. The Bertz CT molecular complexity index is 609. The summed E-state index contributed by atoms with van der Waals surface area (Å²) in [6.45, 7) is 0. The second kappa shape index (κ2) is 3.77. The number of hydrogen-bond acceptors (Lipinski definition) is 3. The van der Waals surface area contributed by atoms with Crippen molar-refractivity contribution in [3.05, 3.63) is 59.4 Å². The van der Waals surface area contributed by atoms with Crippen LogP contribution in [0.25, 0.3) is 0 Å². The summed E-state index contributed by atoms with van der Waals surface area (Å²) in [7, 11) is 0. The molecule has 0 amide bonds. The quantitative estimate of drug-likeness (QED) is 0.642. The topological polar surface area (TPSA) is 67.0 Å². The van der Waals surface area contributed by atoms with Crippen LogP contribution >= 0.6 is 0 Å². The lowest BCUT2D eigenvalue weighted by molar-refractivity contribution is 0.0754. The molecule has 0 radical (unpaired) electrons. The molecule has 1 aliphatic carbocycles. The lowest BCUT2D eigenvalue weighted by Crippen LogP contribution is -2.25. The number of fused-ring (bicyclic) bond motifs is 1. The minimum atomic E-state index is -1.22. The summed E-state index contributed by atoms with van der Waals surface area (Å²) in [5, 5.41) is 0. The third-order valence-electron chi connectivity index (χ3n) is 3.11. The van der Waals surface area contributed by atoms with Gasteiger partial charge >= 0.3 is 0 Å². The molecule has 1 N–H and O–H groups in total. The fraction of sp³-hybridized carbons (Fsp3) is 0.0714. The summed E-state index contributed by atoms with van der Waals surface area (Å²) in [5.41, 5.74) is 0.967. The molecule has 1 aromatic heterocycles. The van der Waals surface area contributed by atoms with E-state index < -0.39 is 23.3 Å². The normalized spacial score (nSPS) is 14.9. The molecular weight excluding hydrogens is 230 g/mol. The van der Waals surface area contributed by atoms with Crippen LogP contribution in [0.2, 0.25) is 0 Å². The van der Waals surface area contributed by atoms with Gasteiger partial charge in [-0.3, -0.25) is 14.4 Å². The summed E-state index contributed by atoms with van der Waals surface area (Å²) in [5.74, 6) is -2.50. The SMILES string of the molecule is O=C(c1ccc[nH]1)C1C(=O)c2ccccc2C1=O. The van der Waals surface area contributed by atoms with Gasteiger partial charge in [0.1, 0.15) is 0 Å². The first kappa shape index (κ1) is 10.7. The number of aromatic nitrogens is 1. The molecule has 3 rings (SSSR count). The van der Waals surface area contributed by atoms with Crippen LogP contribution in [0.3, 0.4) is 0 Å². The molecule has 1 aliphatic rings. The van der Waals surface area contributed by atoms with E-state index >= 15 is 0 Å². The molecule has 0 unspecified atom stereocenters. The number of carbonyl (C=O) groups excluding carboxylic acids is 3. The van der Waals surface area contributed by atoms with Gasteiger partial charge in [0.15, 0.2) is 23.3 Å². The molecule has 18 heavy (non-hydrogen) atoms. The second-order valence-electron chi connectivity index (χ2n) is 4.16. The van der Waals surface area contributed by atoms with Gasteiger partial charge in [-0.1, -0.05) is 24.3 Å². The molecule has 0 aliphatic heterocycles. The van der Waals surface area contributed by atoms with Crippen LogP contribution < -0.4 is 0 Å². The van der Waals surface area contributed by atoms with E-state index in [0.29, 0.717) is 11.1 Å². The average molecular weight is 239 g/mol. The zero-order valence-corrected chi connectivity index (χ0v) is 9.34. The predicted octanol–water partition coefficient (Wildman–Crippen LogP) is 1.89. The van der Waals surface area contributed by atoms with Crippen LogP contribution in [0.5, 0.6) is 0 Å². The predicted molar refractivity (Wildman–Crippen MR) is 63.7 cm³/mol. The molecule has 88 valence electrons. The van der Waals surface area contributed by atoms with Crippen molar-refractivity contribution in [2.45, 2.75) is 0 Å². The summed E-state index contributed by atoms with van der Waals surface area (Å²) in [6, 6.07) is 9.75. The smallest absolute Gasteiger partial charge is 0.197 e. The number of carbonyl (C=O) groups is 3. The van der Waals surface area contributed by atoms with Gasteiger partial charge in [0.25, 0.3) is 0 Å². The molecule has 1 aromatic carbocycles. The third kappa shape index (κ3) is 1.35. The van der Waals surface area contributed by atoms with Crippen molar-refractivity contribution in [3.8, 4) is 0 Å². The van der Waals surface area contributed by atoms with Gasteiger partial charge in [0, 0.05) is 17.3 Å². The fourth-order valence-corrected chi connectivity index (χ4v) is 2.22. The third-order valence-corrected chi connectivity index (χ3v) is 3.11. The molecule has 4 heteroatoms. The Labute approximate surface area is 103 Å². The molecule has 1 heterocycles. The van der Waals surface area contributed by atoms with Crippen LogP contribution in [-0.2, 0) is 0 Å². The van der Waals surface area contributed by atoms with Gasteiger partial charge in [-0.2, -0.15) is 0 Å². The summed E-state index contributed by atoms with van der Waals surface area (Å²) >= 11 is 0. The van der Waals surface area contributed by atoms with Crippen LogP contribution in [0.1, 0.15) is 31.2 Å². The van der Waals surface area contributed by atoms with Crippen molar-refractivity contribution in [1.29, 1.82) is 0 Å². The highest BCUT2D eigenvalue weighted by molar-refractivity contribution is 6.37. The van der Waals surface area contributed by atoms with E-state index in [2.05, 4.69) is 4.98 Å². The van der Waals surface area contributed by atoms with E-state index in [0.717, 1.165) is 0 Å². The van der Waals surface area contributed by atoms with Crippen LogP contribution in [0.4, 0.5) is 0 Å². The Kier molecular flexibility index (Phi) is 2.23. The van der Waals surface area contributed by atoms with Crippen LogP contribution in [0.15, 0.2) is 42.6 Å². The van der Waals surface area contributed by atoms with Gasteiger partial charge in [-0.05, 0) is 12.1 Å². The van der Waals surface area contributed by atoms with Gasteiger partial charge in [-0.25, -0.2) is 0 Å². The zero-order chi connectivity index (χ0) is 12.7. The first-order valence-corrected chi connectivity index (χ1v) is 5.55. The van der Waals surface area contributed by atoms with Crippen molar-refractivity contribution in [2.24, 2.45) is 5.92 Å². The van der Waals surface area contributed by atoms with Gasteiger partial charge in [-0.15, -0.1) is 0 Å². The molecule has 0 atom stereocenters. The molecule has 2 aromatic rings. The monoisotopic (exact) mass is 239 g/mol. The molecule has 4 nitrogen and oxygen atoms in total. The lowest BCUT2D eigenvalue weighted by atomic mass is 9.96. The Morgan fingerprint density at radius 2 is 1.56 bits per heavy atom. The van der Waals surface area contributed by atoms with Gasteiger partial charge < -0.3 is 4.98 Å². The number of rotatable bonds is 2. The number of H-pyrrole nitrogens is 1. The largest absolute Gasteiger partial charge is 0.359 e. The maximum absolute atomic E-state index is 12.1. The fourth-order valence-electron chi connectivity index (χ4n) is 2.22. The van der Waals surface area contributed by atoms with E-state index in [1.807, 2.05) is 0 Å². The molecule has 0 spiro atoms. The van der Waals surface area contributed by atoms with E-state index in [4.69, 9.17) is 0 Å². The van der Waals surface area contributed by atoms with E-state index in [1.54, 1.807) is 42.6 Å². The Balaban J connectivity index is 2.05. The summed E-state index contributed by atoms with van der Waals surface area (Å²) < 4.78 is 0. The highest BCUT2D eigenvalue weighted by Gasteiger charge is 2.43. The molecule has 0 bridgehead atoms. The van der Waals surface area contributed by atoms with Crippen LogP contribution in [-0.4, -0.2) is 22.3 Å². The first-order chi connectivity index (χ1) is 8.70. The Morgan fingerprint density at radius 1 is 0.944 bits per heavy atom. The number of hydrogen-bond donors (Lipinski definition) is 1. The summed E-state index contributed by atoms with van der Waals surface area (Å²) in [6.07, 6.45) is 1.59. The van der Waals surface area contributed by atoms with E-state index in [9.17, 15) is 14.4 Å². The first-order valence-electron chi connectivity index (χ1n) is 5.55. The summed E-state index contributed by atoms with van der Waals surface area (Å²) in [4.78, 5) is 39.0. The number of Topliss-reactive ketones (excluding diaryl/α,β-unsaturated/α-hetero) is 3. The number of aromatic amines is 1. The number of ketones is 3. The van der Waals surface area contributed by atoms with E-state index in [-0.39, 0.29) is 5.69 Å². The van der Waals surface area contributed by atoms with Crippen LogP contribution in [0, 0.1) is 5.92 Å². The molecule has 0 fully saturated rings. The Hall–Kier alpha value is -2.49. The second-order valence-corrected chi connectivity index (χ2v) is 4.16. The highest BCUT2D eigenvalue weighted by Crippen LogP contribution is 2.28. The van der Waals surface area contributed by atoms with Gasteiger partial charge in [0.05, 0.1) is 5.69 Å². The minimum absolute atomic E-state index is 0.287. The highest BCUT2D eigenvalue weighted by atomic mass is 16.2. The van der Waals surface area contributed by atoms with Crippen molar-refractivity contribution in [1.82, 2.24) is 4.98 Å². The van der Waals surface area contributed by atoms with Crippen molar-refractivity contribution in [3.63, 3.8) is 0 Å². The number of benzene rings is 1. The Morgan fingerprint density at radius 3 is 2.06 bits per heavy atom. The maximum atomic E-state index is 12.1. The molecule has 0 saturated heterocycles. The van der Waals surface area contributed by atoms with E-state index in [1.165, 1.54) is 0 Å². The minimum Gasteiger partial charge on any atom is -0.359 e. The molecular formula is C14H9NO3. The number of nitrogens with one attached hydrogen (secondary N) is 1. The van der Waals surface area contributed by atoms with Crippen molar-refractivity contribution >= 4 is 17.3 Å². The standard InChI is InChI=1S/C14H9NO3/c16-12-8-4-1-2-5-9(8)13(17)11(12)14(18)10-6-3-7-15-10/h1-7,11,15H.